The highest BCUT2D eigenvalue weighted by atomic mass is 16.5. The number of aromatic nitrogens is 2. The Balaban J connectivity index is 2.64. The van der Waals surface area contributed by atoms with Gasteiger partial charge in [-0.1, -0.05) is 13.8 Å². The van der Waals surface area contributed by atoms with E-state index in [0.717, 1.165) is 31.5 Å². The highest BCUT2D eigenvalue weighted by molar-refractivity contribution is 5.03. The van der Waals surface area contributed by atoms with E-state index in [1.807, 2.05) is 0 Å². The van der Waals surface area contributed by atoms with E-state index in [9.17, 15) is 0 Å². The molecule has 0 saturated carbocycles. The summed E-state index contributed by atoms with van der Waals surface area (Å²) in [6.07, 6.45) is 5.43. The van der Waals surface area contributed by atoms with Crippen LogP contribution in [-0.2, 0) is 11.2 Å². The fourth-order valence-electron chi connectivity index (χ4n) is 2.04. The van der Waals surface area contributed by atoms with Crippen molar-refractivity contribution in [3.8, 4) is 0 Å². The van der Waals surface area contributed by atoms with E-state index in [0.29, 0.717) is 12.1 Å². The van der Waals surface area contributed by atoms with Gasteiger partial charge < -0.3 is 10.1 Å². The minimum absolute atomic E-state index is 0.195. The van der Waals surface area contributed by atoms with Crippen LogP contribution in [0.25, 0.3) is 0 Å². The minimum atomic E-state index is 0.195. The van der Waals surface area contributed by atoms with Crippen LogP contribution in [0, 0.1) is 0 Å². The predicted octanol–water partition coefficient (Wildman–Crippen LogP) is 2.80. The molecule has 0 aliphatic rings. The lowest BCUT2D eigenvalue weighted by Gasteiger charge is -2.23. The van der Waals surface area contributed by atoms with Crippen molar-refractivity contribution < 1.29 is 4.74 Å². The first kappa shape index (κ1) is 16.2. The Kier molecular flexibility index (Phi) is 7.10. The van der Waals surface area contributed by atoms with Crippen molar-refractivity contribution in [1.82, 2.24) is 15.1 Å². The number of methoxy groups -OCH3 is 1. The Hall–Kier alpha value is -0.870. The van der Waals surface area contributed by atoms with E-state index in [1.54, 1.807) is 7.11 Å². The quantitative estimate of drug-likeness (QED) is 0.748. The molecule has 0 radical (unpaired) electrons. The second-order valence-corrected chi connectivity index (χ2v) is 5.25. The van der Waals surface area contributed by atoms with Gasteiger partial charge in [-0.15, -0.1) is 0 Å². The Morgan fingerprint density at radius 3 is 2.68 bits per heavy atom. The molecule has 1 rings (SSSR count). The zero-order valence-corrected chi connectivity index (χ0v) is 13.0. The number of hydrogen-bond donors (Lipinski definition) is 1. The number of rotatable bonds is 9. The third kappa shape index (κ3) is 4.96. The van der Waals surface area contributed by atoms with Crippen LogP contribution >= 0.6 is 0 Å². The number of ether oxygens (including phenoxy) is 1. The third-order valence-electron chi connectivity index (χ3n) is 3.73. The van der Waals surface area contributed by atoms with E-state index >= 15 is 0 Å². The summed E-state index contributed by atoms with van der Waals surface area (Å²) < 4.78 is 7.52. The molecule has 19 heavy (non-hydrogen) atoms. The van der Waals surface area contributed by atoms with Crippen LogP contribution in [-0.4, -0.2) is 35.6 Å². The Morgan fingerprint density at radius 2 is 2.11 bits per heavy atom. The standard InChI is InChI=1S/C15H29N3O/c1-6-9-16-15(13(4)19-5)11-14-8-10-18(17-14)12(3)7-2/h8,10,12-13,15-16H,6-7,9,11H2,1-5H3. The maximum absolute atomic E-state index is 5.46. The van der Waals surface area contributed by atoms with Crippen molar-refractivity contribution in [1.29, 1.82) is 0 Å². The zero-order chi connectivity index (χ0) is 14.3. The van der Waals surface area contributed by atoms with Crippen LogP contribution in [0.4, 0.5) is 0 Å². The van der Waals surface area contributed by atoms with E-state index in [2.05, 4.69) is 55.1 Å². The lowest BCUT2D eigenvalue weighted by atomic mass is 10.1. The first-order valence-electron chi connectivity index (χ1n) is 7.42. The van der Waals surface area contributed by atoms with Gasteiger partial charge in [-0.05, 0) is 39.3 Å². The molecular weight excluding hydrogens is 238 g/mol. The lowest BCUT2D eigenvalue weighted by Crippen LogP contribution is -2.41. The fraction of sp³-hybridized carbons (Fsp3) is 0.800. The Bertz CT molecular complexity index is 351. The van der Waals surface area contributed by atoms with Crippen molar-refractivity contribution in [3.05, 3.63) is 18.0 Å². The highest BCUT2D eigenvalue weighted by Gasteiger charge is 2.18. The maximum atomic E-state index is 5.46. The van der Waals surface area contributed by atoms with Crippen molar-refractivity contribution in [2.75, 3.05) is 13.7 Å². The predicted molar refractivity (Wildman–Crippen MR) is 79.5 cm³/mol. The van der Waals surface area contributed by atoms with Gasteiger partial charge in [0.05, 0.1) is 11.8 Å². The summed E-state index contributed by atoms with van der Waals surface area (Å²) in [5, 5.41) is 8.21. The van der Waals surface area contributed by atoms with Gasteiger partial charge in [0.1, 0.15) is 0 Å². The molecule has 0 spiro atoms. The molecule has 3 atom stereocenters. The molecule has 0 aromatic carbocycles. The second kappa shape index (κ2) is 8.33. The molecule has 0 aliphatic carbocycles. The van der Waals surface area contributed by atoms with E-state index in [-0.39, 0.29) is 6.10 Å². The van der Waals surface area contributed by atoms with Gasteiger partial charge in [0, 0.05) is 31.8 Å². The summed E-state index contributed by atoms with van der Waals surface area (Å²) in [6.45, 7) is 9.69. The van der Waals surface area contributed by atoms with Gasteiger partial charge in [-0.25, -0.2) is 0 Å². The van der Waals surface area contributed by atoms with Gasteiger partial charge >= 0.3 is 0 Å². The van der Waals surface area contributed by atoms with Crippen LogP contribution in [0.15, 0.2) is 12.3 Å². The van der Waals surface area contributed by atoms with Crippen LogP contribution in [0.5, 0.6) is 0 Å². The molecule has 110 valence electrons. The van der Waals surface area contributed by atoms with E-state index < -0.39 is 0 Å². The first-order valence-corrected chi connectivity index (χ1v) is 7.42. The van der Waals surface area contributed by atoms with E-state index in [1.165, 1.54) is 0 Å². The molecule has 0 aliphatic heterocycles. The molecule has 0 fully saturated rings. The summed E-state index contributed by atoms with van der Waals surface area (Å²) in [5.41, 5.74) is 1.14. The van der Waals surface area contributed by atoms with Crippen LogP contribution in [0.2, 0.25) is 0 Å². The summed E-state index contributed by atoms with van der Waals surface area (Å²) in [4.78, 5) is 0. The molecule has 0 saturated heterocycles. The third-order valence-corrected chi connectivity index (χ3v) is 3.73. The molecule has 1 aromatic heterocycles. The molecule has 0 bridgehead atoms. The molecule has 0 amide bonds. The van der Waals surface area contributed by atoms with Crippen molar-refractivity contribution in [2.24, 2.45) is 0 Å². The summed E-state index contributed by atoms with van der Waals surface area (Å²) >= 11 is 0. The average Bonchev–Trinajstić information content (AvgIpc) is 2.90. The topological polar surface area (TPSA) is 39.1 Å². The van der Waals surface area contributed by atoms with Crippen LogP contribution < -0.4 is 5.32 Å². The van der Waals surface area contributed by atoms with Crippen LogP contribution in [0.1, 0.15) is 52.3 Å². The Morgan fingerprint density at radius 1 is 1.37 bits per heavy atom. The van der Waals surface area contributed by atoms with Gasteiger partial charge in [-0.2, -0.15) is 5.10 Å². The summed E-state index contributed by atoms with van der Waals surface area (Å²) in [7, 11) is 1.77. The maximum Gasteiger partial charge on any atom is 0.0700 e. The normalized spacial score (nSPS) is 16.3. The lowest BCUT2D eigenvalue weighted by molar-refractivity contribution is 0.0827. The monoisotopic (exact) mass is 267 g/mol. The molecule has 3 unspecified atom stereocenters. The number of nitrogens with one attached hydrogen (secondary N) is 1. The van der Waals surface area contributed by atoms with Gasteiger partial charge in [0.15, 0.2) is 0 Å². The Labute approximate surface area is 117 Å². The van der Waals surface area contributed by atoms with Gasteiger partial charge in [0.2, 0.25) is 0 Å². The van der Waals surface area contributed by atoms with E-state index in [4.69, 9.17) is 4.74 Å². The van der Waals surface area contributed by atoms with Crippen molar-refractivity contribution in [2.45, 2.75) is 65.1 Å². The van der Waals surface area contributed by atoms with Gasteiger partial charge in [-0.3, -0.25) is 4.68 Å². The smallest absolute Gasteiger partial charge is 0.0700 e. The SMILES string of the molecule is CCCNC(Cc1ccn(C(C)CC)n1)C(C)OC. The second-order valence-electron chi connectivity index (χ2n) is 5.25. The first-order chi connectivity index (χ1) is 9.12. The molecule has 4 heteroatoms. The van der Waals surface area contributed by atoms with Crippen molar-refractivity contribution in [3.63, 3.8) is 0 Å². The average molecular weight is 267 g/mol. The zero-order valence-electron chi connectivity index (χ0n) is 13.0. The number of hydrogen-bond acceptors (Lipinski definition) is 3. The van der Waals surface area contributed by atoms with Gasteiger partial charge in [0.25, 0.3) is 0 Å². The molecule has 4 nitrogen and oxygen atoms in total. The van der Waals surface area contributed by atoms with Crippen molar-refractivity contribution >= 4 is 0 Å². The molecular formula is C15H29N3O. The number of nitrogens with zero attached hydrogens (tertiary/aromatic N) is 2. The minimum Gasteiger partial charge on any atom is -0.380 e. The molecule has 1 heterocycles. The summed E-state index contributed by atoms with van der Waals surface area (Å²) in [5.74, 6) is 0. The van der Waals surface area contributed by atoms with Crippen LogP contribution in [0.3, 0.4) is 0 Å². The highest BCUT2D eigenvalue weighted by Crippen LogP contribution is 2.12. The summed E-state index contributed by atoms with van der Waals surface area (Å²) in [6, 6.07) is 2.91. The fourth-order valence-corrected chi connectivity index (χ4v) is 2.04. The molecule has 1 N–H and O–H groups in total. The molecule has 1 aromatic rings. The largest absolute Gasteiger partial charge is 0.380 e.